The highest BCUT2D eigenvalue weighted by atomic mass is 19.1. The molecule has 0 saturated heterocycles. The average Bonchev–Trinajstić information content (AvgIpc) is 2.96. The Morgan fingerprint density at radius 2 is 1.92 bits per heavy atom. The fourth-order valence-electron chi connectivity index (χ4n) is 3.16. The van der Waals surface area contributed by atoms with E-state index in [2.05, 4.69) is 10.1 Å². The molecule has 1 N–H and O–H groups in total. The minimum absolute atomic E-state index is 0.116. The molecule has 0 aliphatic heterocycles. The lowest BCUT2D eigenvalue weighted by molar-refractivity contribution is 0.216. The number of phenolic OH excluding ortho intramolecular Hbond substituents is 1. The number of hydrogen-bond donors (Lipinski definition) is 1. The van der Waals surface area contributed by atoms with Gasteiger partial charge in [0.25, 0.3) is 0 Å². The SMILES string of the molecule is Oc1ccc(-c2noc(C3(c4cccc(F)c4)CCC3)n2)c(F)c1. The molecule has 0 amide bonds. The van der Waals surface area contributed by atoms with Crippen LogP contribution in [0.4, 0.5) is 8.78 Å². The Labute approximate surface area is 136 Å². The van der Waals surface area contributed by atoms with Gasteiger partial charge in [-0.1, -0.05) is 23.7 Å². The molecule has 2 aromatic carbocycles. The molecule has 4 nitrogen and oxygen atoms in total. The van der Waals surface area contributed by atoms with E-state index in [0.717, 1.165) is 30.9 Å². The molecular weight excluding hydrogens is 314 g/mol. The van der Waals surface area contributed by atoms with Gasteiger partial charge in [0.2, 0.25) is 11.7 Å². The number of rotatable bonds is 3. The van der Waals surface area contributed by atoms with Crippen LogP contribution in [0.15, 0.2) is 47.0 Å². The summed E-state index contributed by atoms with van der Waals surface area (Å²) in [6.07, 6.45) is 2.52. The zero-order chi connectivity index (χ0) is 16.7. The monoisotopic (exact) mass is 328 g/mol. The zero-order valence-corrected chi connectivity index (χ0v) is 12.7. The van der Waals surface area contributed by atoms with Crippen LogP contribution in [0.1, 0.15) is 30.7 Å². The summed E-state index contributed by atoms with van der Waals surface area (Å²) in [6, 6.07) is 10.1. The first-order valence-corrected chi connectivity index (χ1v) is 7.68. The number of hydrogen-bond acceptors (Lipinski definition) is 4. The Morgan fingerprint density at radius 1 is 1.08 bits per heavy atom. The summed E-state index contributed by atoms with van der Waals surface area (Å²) in [5.41, 5.74) is 0.424. The molecule has 1 aliphatic carbocycles. The van der Waals surface area contributed by atoms with Gasteiger partial charge in [-0.2, -0.15) is 4.98 Å². The van der Waals surface area contributed by atoms with E-state index in [4.69, 9.17) is 4.52 Å². The van der Waals surface area contributed by atoms with Crippen molar-refractivity contribution in [2.75, 3.05) is 0 Å². The molecule has 0 radical (unpaired) electrons. The Hall–Kier alpha value is -2.76. The molecular formula is C18H14F2N2O2. The molecule has 1 saturated carbocycles. The summed E-state index contributed by atoms with van der Waals surface area (Å²) in [6.45, 7) is 0. The highest BCUT2D eigenvalue weighted by Crippen LogP contribution is 2.48. The van der Waals surface area contributed by atoms with Crippen LogP contribution < -0.4 is 0 Å². The second-order valence-electron chi connectivity index (χ2n) is 6.03. The fraction of sp³-hybridized carbons (Fsp3) is 0.222. The van der Waals surface area contributed by atoms with Crippen LogP contribution in [0.5, 0.6) is 5.75 Å². The van der Waals surface area contributed by atoms with Crippen LogP contribution in [-0.2, 0) is 5.41 Å². The lowest BCUT2D eigenvalue weighted by Gasteiger charge is -2.38. The standard InChI is InChI=1S/C18H14F2N2O2/c19-12-4-1-3-11(9-12)18(7-2-8-18)17-21-16(22-24-17)14-6-5-13(23)10-15(14)20/h1,3-6,9-10,23H,2,7-8H2. The van der Waals surface area contributed by atoms with Gasteiger partial charge in [0.05, 0.1) is 11.0 Å². The Balaban J connectivity index is 1.76. The number of aromatic hydroxyl groups is 1. The molecule has 1 aliphatic rings. The van der Waals surface area contributed by atoms with E-state index in [1.165, 1.54) is 24.3 Å². The maximum absolute atomic E-state index is 14.0. The number of benzene rings is 2. The van der Waals surface area contributed by atoms with Gasteiger partial charge in [0.1, 0.15) is 17.4 Å². The molecule has 0 bridgehead atoms. The summed E-state index contributed by atoms with van der Waals surface area (Å²) in [7, 11) is 0. The molecule has 1 aromatic heterocycles. The first-order valence-electron chi connectivity index (χ1n) is 7.68. The summed E-state index contributed by atoms with van der Waals surface area (Å²) in [5, 5.41) is 13.2. The predicted octanol–water partition coefficient (Wildman–Crippen LogP) is 4.19. The lowest BCUT2D eigenvalue weighted by Crippen LogP contribution is -2.35. The molecule has 1 heterocycles. The first kappa shape index (κ1) is 14.8. The number of nitrogens with zero attached hydrogens (tertiary/aromatic N) is 2. The maximum Gasteiger partial charge on any atom is 0.237 e. The van der Waals surface area contributed by atoms with Gasteiger partial charge in [0, 0.05) is 6.07 Å². The molecule has 1 fully saturated rings. The molecule has 24 heavy (non-hydrogen) atoms. The molecule has 122 valence electrons. The summed E-state index contributed by atoms with van der Waals surface area (Å²) >= 11 is 0. The van der Waals surface area contributed by atoms with E-state index in [1.807, 2.05) is 6.07 Å². The molecule has 0 atom stereocenters. The number of halogens is 2. The van der Waals surface area contributed by atoms with Gasteiger partial charge in [0.15, 0.2) is 0 Å². The van der Waals surface area contributed by atoms with Gasteiger partial charge >= 0.3 is 0 Å². The van der Waals surface area contributed by atoms with Gasteiger partial charge in [-0.3, -0.25) is 0 Å². The molecule has 6 heteroatoms. The van der Waals surface area contributed by atoms with Crippen LogP contribution in [0.3, 0.4) is 0 Å². The van der Waals surface area contributed by atoms with Crippen molar-refractivity contribution in [3.63, 3.8) is 0 Å². The van der Waals surface area contributed by atoms with E-state index in [1.54, 1.807) is 6.07 Å². The fourth-order valence-corrected chi connectivity index (χ4v) is 3.16. The largest absolute Gasteiger partial charge is 0.508 e. The van der Waals surface area contributed by atoms with E-state index in [0.29, 0.717) is 5.89 Å². The molecule has 3 aromatic rings. The zero-order valence-electron chi connectivity index (χ0n) is 12.7. The second-order valence-corrected chi connectivity index (χ2v) is 6.03. The third-order valence-electron chi connectivity index (χ3n) is 4.61. The smallest absolute Gasteiger partial charge is 0.237 e. The second kappa shape index (κ2) is 5.40. The third-order valence-corrected chi connectivity index (χ3v) is 4.61. The van der Waals surface area contributed by atoms with Crippen molar-refractivity contribution in [1.82, 2.24) is 10.1 Å². The first-order chi connectivity index (χ1) is 11.6. The van der Waals surface area contributed by atoms with Gasteiger partial charge in [-0.15, -0.1) is 0 Å². The van der Waals surface area contributed by atoms with Gasteiger partial charge in [-0.25, -0.2) is 8.78 Å². The number of aromatic nitrogens is 2. The maximum atomic E-state index is 14.0. The predicted molar refractivity (Wildman–Crippen MR) is 82.4 cm³/mol. The van der Waals surface area contributed by atoms with Crippen molar-refractivity contribution in [1.29, 1.82) is 0 Å². The van der Waals surface area contributed by atoms with Crippen molar-refractivity contribution in [3.05, 3.63) is 65.6 Å². The van der Waals surface area contributed by atoms with Gasteiger partial charge in [-0.05, 0) is 42.7 Å². The summed E-state index contributed by atoms with van der Waals surface area (Å²) < 4.78 is 33.0. The van der Waals surface area contributed by atoms with E-state index >= 15 is 0 Å². The van der Waals surface area contributed by atoms with Crippen LogP contribution in [0.25, 0.3) is 11.4 Å². The minimum atomic E-state index is -0.629. The molecule has 0 unspecified atom stereocenters. The number of phenols is 1. The van der Waals surface area contributed by atoms with Gasteiger partial charge < -0.3 is 9.63 Å². The normalized spacial score (nSPS) is 15.9. The summed E-state index contributed by atoms with van der Waals surface area (Å²) in [5.74, 6) is -0.638. The molecule has 0 spiro atoms. The van der Waals surface area contributed by atoms with Crippen LogP contribution >= 0.6 is 0 Å². The van der Waals surface area contributed by atoms with Crippen LogP contribution in [0.2, 0.25) is 0 Å². The van der Waals surface area contributed by atoms with E-state index in [-0.39, 0.29) is 23.0 Å². The quantitative estimate of drug-likeness (QED) is 0.783. The van der Waals surface area contributed by atoms with Crippen LogP contribution in [-0.4, -0.2) is 15.2 Å². The van der Waals surface area contributed by atoms with Crippen molar-refractivity contribution in [3.8, 4) is 17.1 Å². The highest BCUT2D eigenvalue weighted by molar-refractivity contribution is 5.57. The van der Waals surface area contributed by atoms with Crippen LogP contribution in [0, 0.1) is 11.6 Å². The van der Waals surface area contributed by atoms with Crippen molar-refractivity contribution in [2.45, 2.75) is 24.7 Å². The molecule has 4 rings (SSSR count). The summed E-state index contributed by atoms with van der Waals surface area (Å²) in [4.78, 5) is 4.35. The topological polar surface area (TPSA) is 59.2 Å². The Kier molecular flexibility index (Phi) is 3.33. The minimum Gasteiger partial charge on any atom is -0.508 e. The Morgan fingerprint density at radius 3 is 2.58 bits per heavy atom. The third kappa shape index (κ3) is 2.26. The van der Waals surface area contributed by atoms with Crippen molar-refractivity contribution >= 4 is 0 Å². The highest BCUT2D eigenvalue weighted by Gasteiger charge is 2.45. The van der Waals surface area contributed by atoms with E-state index in [9.17, 15) is 13.9 Å². The Bertz CT molecular complexity index is 904. The van der Waals surface area contributed by atoms with Crippen molar-refractivity contribution in [2.24, 2.45) is 0 Å². The average molecular weight is 328 g/mol. The van der Waals surface area contributed by atoms with Crippen molar-refractivity contribution < 1.29 is 18.4 Å². The lowest BCUT2D eigenvalue weighted by atomic mass is 9.64. The van der Waals surface area contributed by atoms with E-state index < -0.39 is 11.2 Å².